The predicted octanol–water partition coefficient (Wildman–Crippen LogP) is 1.08. The van der Waals surface area contributed by atoms with Crippen molar-refractivity contribution < 1.29 is 8.42 Å². The van der Waals surface area contributed by atoms with Crippen molar-refractivity contribution in [2.75, 3.05) is 20.1 Å². The number of thiocarbonyl (C=S) groups is 1. The van der Waals surface area contributed by atoms with Crippen molar-refractivity contribution in [2.24, 2.45) is 5.73 Å². The zero-order valence-corrected chi connectivity index (χ0v) is 14.3. The van der Waals surface area contributed by atoms with Gasteiger partial charge in [0, 0.05) is 24.7 Å². The Bertz CT molecular complexity index is 586. The van der Waals surface area contributed by atoms with Crippen molar-refractivity contribution in [1.82, 2.24) is 9.62 Å². The van der Waals surface area contributed by atoms with Gasteiger partial charge in [-0.2, -0.15) is 0 Å². The van der Waals surface area contributed by atoms with E-state index in [4.69, 9.17) is 18.0 Å². The number of benzene rings is 1. The number of nitrogens with zero attached hydrogens (tertiary/aromatic N) is 1. The van der Waals surface area contributed by atoms with Crippen LogP contribution in [-0.4, -0.2) is 44.5 Å². The lowest BCUT2D eigenvalue weighted by Gasteiger charge is -2.20. The van der Waals surface area contributed by atoms with Crippen molar-refractivity contribution in [3.8, 4) is 0 Å². The highest BCUT2D eigenvalue weighted by atomic mass is 32.2. The van der Waals surface area contributed by atoms with Crippen molar-refractivity contribution in [3.63, 3.8) is 0 Å². The highest BCUT2D eigenvalue weighted by molar-refractivity contribution is 7.88. The lowest BCUT2D eigenvalue weighted by atomic mass is 10.1. The van der Waals surface area contributed by atoms with Crippen LogP contribution in [0.1, 0.15) is 25.0 Å². The molecule has 0 saturated heterocycles. The first-order chi connectivity index (χ1) is 9.71. The molecule has 0 aliphatic rings. The average Bonchev–Trinajstić information content (AvgIpc) is 2.37. The van der Waals surface area contributed by atoms with Gasteiger partial charge in [-0.1, -0.05) is 30.4 Å². The number of hydrogen-bond donors (Lipinski definition) is 2. The van der Waals surface area contributed by atoms with Crippen LogP contribution in [0.4, 0.5) is 0 Å². The Hall–Kier alpha value is -1.02. The molecule has 0 spiro atoms. The van der Waals surface area contributed by atoms with Gasteiger partial charge < -0.3 is 10.6 Å². The van der Waals surface area contributed by atoms with Crippen LogP contribution < -0.4 is 10.5 Å². The maximum absolute atomic E-state index is 12.0. The van der Waals surface area contributed by atoms with Crippen LogP contribution in [0.2, 0.25) is 0 Å². The molecular formula is C14H23N3O2S2. The van der Waals surface area contributed by atoms with Crippen LogP contribution in [0.15, 0.2) is 24.3 Å². The zero-order chi connectivity index (χ0) is 16.0. The van der Waals surface area contributed by atoms with Crippen molar-refractivity contribution in [1.29, 1.82) is 0 Å². The molecule has 118 valence electrons. The fraction of sp³-hybridized carbons (Fsp3) is 0.500. The van der Waals surface area contributed by atoms with Crippen molar-refractivity contribution in [3.05, 3.63) is 35.4 Å². The van der Waals surface area contributed by atoms with E-state index in [1.165, 1.54) is 0 Å². The van der Waals surface area contributed by atoms with E-state index >= 15 is 0 Å². The van der Waals surface area contributed by atoms with Gasteiger partial charge in [0.05, 0.1) is 5.75 Å². The highest BCUT2D eigenvalue weighted by Gasteiger charge is 2.12. The third-order valence-corrected chi connectivity index (χ3v) is 4.83. The van der Waals surface area contributed by atoms with Gasteiger partial charge in [-0.3, -0.25) is 0 Å². The van der Waals surface area contributed by atoms with Gasteiger partial charge in [0.2, 0.25) is 10.0 Å². The second-order valence-electron chi connectivity index (χ2n) is 5.29. The Morgan fingerprint density at radius 1 is 1.43 bits per heavy atom. The molecule has 0 heterocycles. The second-order valence-corrected chi connectivity index (χ2v) is 7.54. The zero-order valence-electron chi connectivity index (χ0n) is 12.7. The third-order valence-electron chi connectivity index (χ3n) is 3.24. The van der Waals surface area contributed by atoms with Crippen LogP contribution >= 0.6 is 12.2 Å². The van der Waals surface area contributed by atoms with Gasteiger partial charge in [-0.25, -0.2) is 13.1 Å². The second kappa shape index (κ2) is 7.84. The topological polar surface area (TPSA) is 75.4 Å². The Morgan fingerprint density at radius 2 is 2.10 bits per heavy atom. The van der Waals surface area contributed by atoms with E-state index in [0.717, 1.165) is 0 Å². The van der Waals surface area contributed by atoms with Gasteiger partial charge >= 0.3 is 0 Å². The summed E-state index contributed by atoms with van der Waals surface area (Å²) in [6.07, 6.45) is 0. The molecule has 7 heteroatoms. The van der Waals surface area contributed by atoms with Crippen LogP contribution in [0.3, 0.4) is 0 Å². The predicted molar refractivity (Wildman–Crippen MR) is 90.7 cm³/mol. The summed E-state index contributed by atoms with van der Waals surface area (Å²) in [6, 6.07) is 7.37. The first-order valence-corrected chi connectivity index (χ1v) is 8.83. The minimum absolute atomic E-state index is 0.0746. The number of nitrogens with one attached hydrogen (secondary N) is 1. The van der Waals surface area contributed by atoms with E-state index < -0.39 is 10.0 Å². The number of likely N-dealkylation sites (N-methyl/N-ethyl adjacent to an activating group) is 1. The van der Waals surface area contributed by atoms with Gasteiger partial charge in [0.1, 0.15) is 4.99 Å². The molecule has 0 saturated carbocycles. The molecule has 1 aromatic carbocycles. The molecule has 0 aliphatic carbocycles. The number of rotatable bonds is 8. The molecule has 0 fully saturated rings. The standard InChI is InChI=1S/C14H23N3O2S2/c1-11(2)17(3)8-7-16-21(18,19)10-12-5-4-6-13(9-12)14(15)20/h4-6,9,11,16H,7-8,10H2,1-3H3,(H2,15,20). The molecule has 21 heavy (non-hydrogen) atoms. The summed E-state index contributed by atoms with van der Waals surface area (Å²) >= 11 is 4.89. The molecule has 0 bridgehead atoms. The Balaban J connectivity index is 2.60. The minimum Gasteiger partial charge on any atom is -0.389 e. The molecule has 0 atom stereocenters. The van der Waals surface area contributed by atoms with Crippen LogP contribution in [-0.2, 0) is 15.8 Å². The fourth-order valence-electron chi connectivity index (χ4n) is 1.72. The molecule has 0 unspecified atom stereocenters. The summed E-state index contributed by atoms with van der Waals surface area (Å²) in [5, 5.41) is 0. The number of nitrogens with two attached hydrogens (primary N) is 1. The van der Waals surface area contributed by atoms with Crippen molar-refractivity contribution >= 4 is 27.2 Å². The molecule has 1 aromatic rings. The molecular weight excluding hydrogens is 306 g/mol. The van der Waals surface area contributed by atoms with E-state index in [2.05, 4.69) is 23.5 Å². The smallest absolute Gasteiger partial charge is 0.215 e. The Morgan fingerprint density at radius 3 is 2.67 bits per heavy atom. The molecule has 0 aliphatic heterocycles. The van der Waals surface area contributed by atoms with E-state index in [9.17, 15) is 8.42 Å². The molecule has 0 amide bonds. The first-order valence-electron chi connectivity index (χ1n) is 6.77. The normalized spacial score (nSPS) is 12.0. The van der Waals surface area contributed by atoms with Gasteiger partial charge in [0.25, 0.3) is 0 Å². The summed E-state index contributed by atoms with van der Waals surface area (Å²) in [5.41, 5.74) is 6.90. The van der Waals surface area contributed by atoms with Crippen LogP contribution in [0.5, 0.6) is 0 Å². The summed E-state index contributed by atoms with van der Waals surface area (Å²) in [4.78, 5) is 2.34. The number of hydrogen-bond acceptors (Lipinski definition) is 4. The molecule has 1 rings (SSSR count). The average molecular weight is 329 g/mol. The van der Waals surface area contributed by atoms with E-state index in [-0.39, 0.29) is 10.7 Å². The summed E-state index contributed by atoms with van der Waals surface area (Å²) < 4.78 is 26.7. The molecule has 0 radical (unpaired) electrons. The summed E-state index contributed by atoms with van der Waals surface area (Å²) in [5.74, 6) is -0.0746. The van der Waals surface area contributed by atoms with Gasteiger partial charge in [-0.15, -0.1) is 0 Å². The maximum atomic E-state index is 12.0. The summed E-state index contributed by atoms with van der Waals surface area (Å²) in [6.45, 7) is 5.20. The minimum atomic E-state index is -3.36. The Labute approximate surface area is 132 Å². The van der Waals surface area contributed by atoms with Crippen LogP contribution in [0.25, 0.3) is 0 Å². The molecule has 5 nitrogen and oxygen atoms in total. The van der Waals surface area contributed by atoms with E-state index in [1.807, 2.05) is 7.05 Å². The maximum Gasteiger partial charge on any atom is 0.215 e. The monoisotopic (exact) mass is 329 g/mol. The number of sulfonamides is 1. The lowest BCUT2D eigenvalue weighted by Crippen LogP contribution is -2.36. The first kappa shape index (κ1) is 18.0. The van der Waals surface area contributed by atoms with Gasteiger partial charge in [0.15, 0.2) is 0 Å². The largest absolute Gasteiger partial charge is 0.389 e. The van der Waals surface area contributed by atoms with Gasteiger partial charge in [-0.05, 0) is 32.5 Å². The third kappa shape index (κ3) is 6.52. The fourth-order valence-corrected chi connectivity index (χ4v) is 2.97. The van der Waals surface area contributed by atoms with Crippen LogP contribution in [0, 0.1) is 0 Å². The van der Waals surface area contributed by atoms with E-state index in [1.54, 1.807) is 24.3 Å². The Kier molecular flexibility index (Phi) is 6.73. The quantitative estimate of drug-likeness (QED) is 0.698. The molecule has 3 N–H and O–H groups in total. The van der Waals surface area contributed by atoms with E-state index in [0.29, 0.717) is 30.3 Å². The molecule has 0 aromatic heterocycles. The van der Waals surface area contributed by atoms with Crippen molar-refractivity contribution in [2.45, 2.75) is 25.6 Å². The SMILES string of the molecule is CC(C)N(C)CCNS(=O)(=O)Cc1cccc(C(N)=S)c1. The highest BCUT2D eigenvalue weighted by Crippen LogP contribution is 2.08. The lowest BCUT2D eigenvalue weighted by molar-refractivity contribution is 0.278. The summed E-state index contributed by atoms with van der Waals surface area (Å²) in [7, 11) is -1.40.